The van der Waals surface area contributed by atoms with E-state index in [9.17, 15) is 4.79 Å². The lowest BCUT2D eigenvalue weighted by Gasteiger charge is -2.23. The molecule has 3 heteroatoms. The molecule has 0 saturated carbocycles. The van der Waals surface area contributed by atoms with Crippen LogP contribution >= 0.6 is 0 Å². The van der Waals surface area contributed by atoms with E-state index in [2.05, 4.69) is 44.3 Å². The maximum atomic E-state index is 12.8. The molecule has 3 nitrogen and oxygen atoms in total. The average Bonchev–Trinajstić information content (AvgIpc) is 2.66. The Balaban J connectivity index is 1.74. The smallest absolute Gasteiger partial charge is 0.261 e. The fourth-order valence-electron chi connectivity index (χ4n) is 3.45. The third kappa shape index (κ3) is 4.30. The molecule has 2 atom stereocenters. The van der Waals surface area contributed by atoms with Crippen LogP contribution in [0.4, 0.5) is 0 Å². The minimum Gasteiger partial charge on any atom is -0.480 e. The van der Waals surface area contributed by atoms with Crippen molar-refractivity contribution in [2.45, 2.75) is 46.3 Å². The second-order valence-electron chi connectivity index (χ2n) is 7.07. The molecule has 0 aliphatic rings. The van der Waals surface area contributed by atoms with Gasteiger partial charge in [0.1, 0.15) is 5.75 Å². The minimum atomic E-state index is -0.574. The van der Waals surface area contributed by atoms with Gasteiger partial charge in [-0.05, 0) is 49.8 Å². The van der Waals surface area contributed by atoms with Gasteiger partial charge in [-0.2, -0.15) is 0 Å². The zero-order valence-electron chi connectivity index (χ0n) is 16.5. The van der Waals surface area contributed by atoms with Gasteiger partial charge in [-0.3, -0.25) is 4.79 Å². The van der Waals surface area contributed by atoms with Crippen LogP contribution in [0, 0.1) is 13.8 Å². The van der Waals surface area contributed by atoms with Crippen molar-refractivity contribution in [1.82, 2.24) is 5.32 Å². The van der Waals surface area contributed by atoms with E-state index < -0.39 is 6.10 Å². The number of fused-ring (bicyclic) bond motifs is 1. The van der Waals surface area contributed by atoms with Crippen molar-refractivity contribution in [3.8, 4) is 5.75 Å². The van der Waals surface area contributed by atoms with Gasteiger partial charge in [-0.25, -0.2) is 0 Å². The lowest BCUT2D eigenvalue weighted by Crippen LogP contribution is -2.38. The lowest BCUT2D eigenvalue weighted by molar-refractivity contribution is -0.128. The number of ether oxygens (including phenoxy) is 1. The van der Waals surface area contributed by atoms with Crippen LogP contribution in [-0.4, -0.2) is 12.0 Å². The molecule has 0 fully saturated rings. The summed E-state index contributed by atoms with van der Waals surface area (Å²) >= 11 is 0. The summed E-state index contributed by atoms with van der Waals surface area (Å²) in [6.07, 6.45) is 0.256. The summed E-state index contributed by atoms with van der Waals surface area (Å²) in [5.41, 5.74) is 3.59. The van der Waals surface area contributed by atoms with Gasteiger partial charge in [0.2, 0.25) is 0 Å². The normalized spacial score (nSPS) is 13.2. The third-order valence-electron chi connectivity index (χ3n) is 4.95. The fourth-order valence-corrected chi connectivity index (χ4v) is 3.45. The molecule has 0 aromatic heterocycles. The molecule has 1 amide bonds. The monoisotopic (exact) mass is 361 g/mol. The second kappa shape index (κ2) is 8.26. The minimum absolute atomic E-state index is 0.0170. The van der Waals surface area contributed by atoms with Crippen molar-refractivity contribution in [2.75, 3.05) is 0 Å². The Kier molecular flexibility index (Phi) is 5.80. The largest absolute Gasteiger partial charge is 0.480 e. The molecule has 140 valence electrons. The number of carbonyl (C=O) groups is 1. The fraction of sp³-hybridized carbons (Fsp3) is 0.292. The van der Waals surface area contributed by atoms with Crippen molar-refractivity contribution in [2.24, 2.45) is 0 Å². The van der Waals surface area contributed by atoms with E-state index in [0.717, 1.165) is 28.5 Å². The third-order valence-corrected chi connectivity index (χ3v) is 4.95. The van der Waals surface area contributed by atoms with Gasteiger partial charge in [0, 0.05) is 5.39 Å². The molecule has 3 aromatic rings. The van der Waals surface area contributed by atoms with Crippen LogP contribution in [0.15, 0.2) is 60.7 Å². The highest BCUT2D eigenvalue weighted by molar-refractivity contribution is 5.89. The first kappa shape index (κ1) is 19.0. The Morgan fingerprint density at radius 3 is 2.52 bits per heavy atom. The van der Waals surface area contributed by atoms with Crippen LogP contribution in [0.3, 0.4) is 0 Å². The van der Waals surface area contributed by atoms with Crippen LogP contribution < -0.4 is 10.1 Å². The molecule has 0 aliphatic heterocycles. The number of hydrogen-bond donors (Lipinski definition) is 1. The van der Waals surface area contributed by atoms with Gasteiger partial charge in [0.05, 0.1) is 6.04 Å². The topological polar surface area (TPSA) is 38.3 Å². The predicted molar refractivity (Wildman–Crippen MR) is 111 cm³/mol. The first-order valence-electron chi connectivity index (χ1n) is 9.51. The van der Waals surface area contributed by atoms with Crippen molar-refractivity contribution >= 4 is 16.7 Å². The Labute approximate surface area is 161 Å². The molecule has 3 aromatic carbocycles. The van der Waals surface area contributed by atoms with Gasteiger partial charge in [-0.1, -0.05) is 67.1 Å². The SMILES string of the molecule is CC[C@H](NC(=O)[C@H](C)Oc1cccc2ccccc12)c1ccc(C)cc1C. The summed E-state index contributed by atoms with van der Waals surface area (Å²) in [6, 6.07) is 20.3. The quantitative estimate of drug-likeness (QED) is 0.630. The van der Waals surface area contributed by atoms with Gasteiger partial charge in [0.25, 0.3) is 5.91 Å². The lowest BCUT2D eigenvalue weighted by atomic mass is 9.97. The summed E-state index contributed by atoms with van der Waals surface area (Å²) in [4.78, 5) is 12.8. The van der Waals surface area contributed by atoms with E-state index in [1.165, 1.54) is 11.1 Å². The molecule has 0 aliphatic carbocycles. The molecule has 0 spiro atoms. The first-order valence-corrected chi connectivity index (χ1v) is 9.51. The van der Waals surface area contributed by atoms with E-state index in [4.69, 9.17) is 4.74 Å². The molecule has 0 radical (unpaired) electrons. The highest BCUT2D eigenvalue weighted by Crippen LogP contribution is 2.26. The number of benzene rings is 3. The van der Waals surface area contributed by atoms with Crippen LogP contribution in [0.2, 0.25) is 0 Å². The van der Waals surface area contributed by atoms with Crippen molar-refractivity contribution in [3.63, 3.8) is 0 Å². The Hall–Kier alpha value is -2.81. The average molecular weight is 361 g/mol. The van der Waals surface area contributed by atoms with Gasteiger partial charge in [-0.15, -0.1) is 0 Å². The van der Waals surface area contributed by atoms with Crippen molar-refractivity contribution < 1.29 is 9.53 Å². The molecular weight excluding hydrogens is 334 g/mol. The summed E-state index contributed by atoms with van der Waals surface area (Å²) < 4.78 is 6.01. The molecule has 3 rings (SSSR count). The molecular formula is C24H27NO2. The van der Waals surface area contributed by atoms with Crippen molar-refractivity contribution in [3.05, 3.63) is 77.4 Å². The van der Waals surface area contributed by atoms with Crippen LogP contribution in [0.5, 0.6) is 5.75 Å². The van der Waals surface area contributed by atoms with Crippen molar-refractivity contribution in [1.29, 1.82) is 0 Å². The second-order valence-corrected chi connectivity index (χ2v) is 7.07. The predicted octanol–water partition coefficient (Wildman–Crippen LogP) is 5.49. The zero-order valence-corrected chi connectivity index (χ0v) is 16.5. The highest BCUT2D eigenvalue weighted by atomic mass is 16.5. The van der Waals surface area contributed by atoms with Gasteiger partial charge in [0.15, 0.2) is 6.10 Å². The number of aryl methyl sites for hydroxylation is 2. The number of nitrogens with one attached hydrogen (secondary N) is 1. The molecule has 27 heavy (non-hydrogen) atoms. The number of hydrogen-bond acceptors (Lipinski definition) is 2. The Morgan fingerprint density at radius 1 is 1.04 bits per heavy atom. The molecule has 0 unspecified atom stereocenters. The summed E-state index contributed by atoms with van der Waals surface area (Å²) in [5.74, 6) is 0.630. The van der Waals surface area contributed by atoms with Gasteiger partial charge < -0.3 is 10.1 Å². The van der Waals surface area contributed by atoms with E-state index in [1.54, 1.807) is 6.92 Å². The van der Waals surface area contributed by atoms with E-state index in [1.807, 2.05) is 42.5 Å². The molecule has 0 saturated heterocycles. The van der Waals surface area contributed by atoms with Crippen LogP contribution in [-0.2, 0) is 4.79 Å². The highest BCUT2D eigenvalue weighted by Gasteiger charge is 2.21. The molecule has 1 N–H and O–H groups in total. The van der Waals surface area contributed by atoms with E-state index in [0.29, 0.717) is 0 Å². The van der Waals surface area contributed by atoms with E-state index in [-0.39, 0.29) is 11.9 Å². The first-order chi connectivity index (χ1) is 13.0. The summed E-state index contributed by atoms with van der Waals surface area (Å²) in [6.45, 7) is 8.05. The number of amides is 1. The standard InChI is InChI=1S/C24H27NO2/c1-5-22(20-14-13-16(2)15-17(20)3)25-24(26)18(4)27-23-12-8-10-19-9-6-7-11-21(19)23/h6-15,18,22H,5H2,1-4H3,(H,25,26)/t18-,22-/m0/s1. The maximum absolute atomic E-state index is 12.8. The molecule has 0 heterocycles. The summed E-state index contributed by atoms with van der Waals surface area (Å²) in [7, 11) is 0. The van der Waals surface area contributed by atoms with Crippen LogP contribution in [0.1, 0.15) is 43.0 Å². The maximum Gasteiger partial charge on any atom is 0.261 e. The number of carbonyl (C=O) groups excluding carboxylic acids is 1. The van der Waals surface area contributed by atoms with E-state index >= 15 is 0 Å². The van der Waals surface area contributed by atoms with Gasteiger partial charge >= 0.3 is 0 Å². The Morgan fingerprint density at radius 2 is 1.78 bits per heavy atom. The molecule has 0 bridgehead atoms. The zero-order chi connectivity index (χ0) is 19.4. The Bertz CT molecular complexity index is 943. The summed E-state index contributed by atoms with van der Waals surface area (Å²) in [5, 5.41) is 5.26. The van der Waals surface area contributed by atoms with Crippen LogP contribution in [0.25, 0.3) is 10.8 Å². The number of rotatable bonds is 6.